The van der Waals surface area contributed by atoms with Crippen molar-refractivity contribution in [2.24, 2.45) is 5.92 Å². The zero-order valence-corrected chi connectivity index (χ0v) is 11.5. The number of aliphatic hydroxyl groups excluding tert-OH is 1. The van der Waals surface area contributed by atoms with Crippen LogP contribution in [-0.4, -0.2) is 45.1 Å². The molecule has 1 aliphatic rings. The molecule has 1 aliphatic heterocycles. The summed E-state index contributed by atoms with van der Waals surface area (Å²) in [7, 11) is 0. The van der Waals surface area contributed by atoms with Crippen LogP contribution in [0.3, 0.4) is 0 Å². The lowest BCUT2D eigenvalue weighted by Gasteiger charge is -2.31. The van der Waals surface area contributed by atoms with E-state index in [0.717, 1.165) is 12.8 Å². The maximum Gasteiger partial charge on any atom is 0.287 e. The number of hydrogen-bond donors (Lipinski definition) is 1. The first-order valence-corrected chi connectivity index (χ1v) is 6.81. The van der Waals surface area contributed by atoms with Gasteiger partial charge in [0.05, 0.1) is 11.1 Å². The molecule has 1 aromatic rings. The number of aliphatic hydroxyl groups is 1. The fraction of sp³-hybridized carbons (Fsp3) is 0.615. The van der Waals surface area contributed by atoms with E-state index in [1.54, 1.807) is 9.47 Å². The molecule has 0 aliphatic carbocycles. The molecule has 1 saturated heterocycles. The monoisotopic (exact) mass is 281 g/mol. The van der Waals surface area contributed by atoms with Gasteiger partial charge in [0.1, 0.15) is 5.69 Å². The Hall–Kier alpha value is -1.89. The Morgan fingerprint density at radius 1 is 1.50 bits per heavy atom. The minimum Gasteiger partial charge on any atom is -0.396 e. The Labute approximate surface area is 116 Å². The van der Waals surface area contributed by atoms with Crippen LogP contribution in [-0.2, 0) is 6.54 Å². The van der Waals surface area contributed by atoms with Gasteiger partial charge in [-0.05, 0) is 25.7 Å². The molecule has 1 fully saturated rings. The molecule has 2 rings (SSSR count). The molecular weight excluding hydrogens is 262 g/mol. The van der Waals surface area contributed by atoms with Crippen molar-refractivity contribution in [3.63, 3.8) is 0 Å². The number of piperidine rings is 1. The van der Waals surface area contributed by atoms with Crippen LogP contribution in [0.2, 0.25) is 0 Å². The number of likely N-dealkylation sites (tertiary alicyclic amines) is 1. The smallest absolute Gasteiger partial charge is 0.287 e. The number of hydrogen-bond acceptors (Lipinski definition) is 4. The van der Waals surface area contributed by atoms with E-state index in [-0.39, 0.29) is 24.1 Å². The normalized spacial score (nSPS) is 16.4. The second kappa shape index (κ2) is 6.04. The number of aryl methyl sites for hydroxylation is 1. The SMILES string of the molecule is CCn1cc([N+](=O)[O-])cc1C(=O)N1CCC(CO)CC1. The summed E-state index contributed by atoms with van der Waals surface area (Å²) >= 11 is 0. The van der Waals surface area contributed by atoms with Crippen LogP contribution in [0, 0.1) is 16.0 Å². The minimum atomic E-state index is -0.485. The first-order valence-electron chi connectivity index (χ1n) is 6.81. The van der Waals surface area contributed by atoms with Crippen molar-refractivity contribution in [3.05, 3.63) is 28.1 Å². The molecule has 7 nitrogen and oxygen atoms in total. The summed E-state index contributed by atoms with van der Waals surface area (Å²) in [5.41, 5.74) is 0.307. The quantitative estimate of drug-likeness (QED) is 0.664. The lowest BCUT2D eigenvalue weighted by molar-refractivity contribution is -0.384. The Morgan fingerprint density at radius 2 is 2.15 bits per heavy atom. The summed E-state index contributed by atoms with van der Waals surface area (Å²) in [5, 5.41) is 19.9. The summed E-state index contributed by atoms with van der Waals surface area (Å²) in [4.78, 5) is 24.5. The van der Waals surface area contributed by atoms with Gasteiger partial charge in [0, 0.05) is 32.3 Å². The molecule has 7 heteroatoms. The molecule has 0 spiro atoms. The number of nitro groups is 1. The molecule has 0 aromatic carbocycles. The van der Waals surface area contributed by atoms with E-state index in [2.05, 4.69) is 0 Å². The van der Waals surface area contributed by atoms with Crippen LogP contribution in [0.25, 0.3) is 0 Å². The van der Waals surface area contributed by atoms with Gasteiger partial charge in [-0.3, -0.25) is 14.9 Å². The minimum absolute atomic E-state index is 0.0551. The highest BCUT2D eigenvalue weighted by Crippen LogP contribution is 2.22. The second-order valence-electron chi connectivity index (χ2n) is 5.04. The summed E-state index contributed by atoms with van der Waals surface area (Å²) in [5.74, 6) is 0.0858. The topological polar surface area (TPSA) is 88.6 Å². The third-order valence-corrected chi connectivity index (χ3v) is 3.81. The molecule has 0 unspecified atom stereocenters. The first-order chi connectivity index (χ1) is 9.56. The molecule has 0 bridgehead atoms. The van der Waals surface area contributed by atoms with Crippen molar-refractivity contribution < 1.29 is 14.8 Å². The van der Waals surface area contributed by atoms with E-state index in [1.807, 2.05) is 6.92 Å². The van der Waals surface area contributed by atoms with Crippen molar-refractivity contribution in [2.75, 3.05) is 19.7 Å². The van der Waals surface area contributed by atoms with Gasteiger partial charge in [0.2, 0.25) is 0 Å². The van der Waals surface area contributed by atoms with Crippen LogP contribution in [0.4, 0.5) is 5.69 Å². The average Bonchev–Trinajstić information content (AvgIpc) is 2.91. The molecule has 1 amide bonds. The largest absolute Gasteiger partial charge is 0.396 e. The molecule has 1 aromatic heterocycles. The fourth-order valence-electron chi connectivity index (χ4n) is 2.52. The molecule has 2 heterocycles. The van der Waals surface area contributed by atoms with E-state index in [9.17, 15) is 14.9 Å². The van der Waals surface area contributed by atoms with Gasteiger partial charge in [0.15, 0.2) is 0 Å². The Morgan fingerprint density at radius 3 is 2.65 bits per heavy atom. The lowest BCUT2D eigenvalue weighted by atomic mass is 9.98. The van der Waals surface area contributed by atoms with Crippen LogP contribution >= 0.6 is 0 Å². The first kappa shape index (κ1) is 14.5. The maximum atomic E-state index is 12.4. The Kier molecular flexibility index (Phi) is 4.39. The number of carbonyl (C=O) groups excluding carboxylic acids is 1. The summed E-state index contributed by atoms with van der Waals surface area (Å²) in [6.45, 7) is 3.69. The van der Waals surface area contributed by atoms with Crippen molar-refractivity contribution >= 4 is 11.6 Å². The zero-order chi connectivity index (χ0) is 14.7. The summed E-state index contributed by atoms with van der Waals surface area (Å²) < 4.78 is 1.61. The van der Waals surface area contributed by atoms with Crippen LogP contribution < -0.4 is 0 Å². The summed E-state index contributed by atoms with van der Waals surface area (Å²) in [6.07, 6.45) is 2.95. The molecule has 0 atom stereocenters. The van der Waals surface area contributed by atoms with Crippen LogP contribution in [0.5, 0.6) is 0 Å². The molecule has 20 heavy (non-hydrogen) atoms. The van der Waals surface area contributed by atoms with Crippen molar-refractivity contribution in [1.29, 1.82) is 0 Å². The standard InChI is InChI=1S/C13H19N3O4/c1-2-14-8-11(16(19)20)7-12(14)13(18)15-5-3-10(9-17)4-6-15/h7-8,10,17H,2-6,9H2,1H3. The Bertz CT molecular complexity index is 504. The number of aromatic nitrogens is 1. The lowest BCUT2D eigenvalue weighted by Crippen LogP contribution is -2.39. The van der Waals surface area contributed by atoms with Crippen molar-refractivity contribution in [2.45, 2.75) is 26.3 Å². The number of amides is 1. The highest BCUT2D eigenvalue weighted by atomic mass is 16.6. The van der Waals surface area contributed by atoms with Crippen LogP contribution in [0.1, 0.15) is 30.3 Å². The second-order valence-corrected chi connectivity index (χ2v) is 5.04. The van der Waals surface area contributed by atoms with Crippen molar-refractivity contribution in [1.82, 2.24) is 9.47 Å². The number of nitrogens with zero attached hydrogens (tertiary/aromatic N) is 3. The van der Waals surface area contributed by atoms with Gasteiger partial charge in [0.25, 0.3) is 11.6 Å². The third-order valence-electron chi connectivity index (χ3n) is 3.81. The predicted molar refractivity (Wildman–Crippen MR) is 72.5 cm³/mol. The van der Waals surface area contributed by atoms with Crippen LogP contribution in [0.15, 0.2) is 12.3 Å². The van der Waals surface area contributed by atoms with Gasteiger partial charge in [-0.15, -0.1) is 0 Å². The molecule has 0 radical (unpaired) electrons. The number of carbonyl (C=O) groups is 1. The highest BCUT2D eigenvalue weighted by Gasteiger charge is 2.26. The maximum absolute atomic E-state index is 12.4. The molecule has 1 N–H and O–H groups in total. The van der Waals surface area contributed by atoms with E-state index in [4.69, 9.17) is 5.11 Å². The summed E-state index contributed by atoms with van der Waals surface area (Å²) in [6, 6.07) is 1.34. The van der Waals surface area contributed by atoms with Gasteiger partial charge in [-0.2, -0.15) is 0 Å². The fourth-order valence-corrected chi connectivity index (χ4v) is 2.52. The predicted octanol–water partition coefficient (Wildman–Crippen LogP) is 1.26. The third kappa shape index (κ3) is 2.82. The Balaban J connectivity index is 2.15. The molecule has 110 valence electrons. The van der Waals surface area contributed by atoms with Crippen molar-refractivity contribution in [3.8, 4) is 0 Å². The van der Waals surface area contributed by atoms with E-state index < -0.39 is 4.92 Å². The van der Waals surface area contributed by atoms with E-state index in [1.165, 1.54) is 12.3 Å². The average molecular weight is 281 g/mol. The van der Waals surface area contributed by atoms with Gasteiger partial charge in [-0.1, -0.05) is 0 Å². The highest BCUT2D eigenvalue weighted by molar-refractivity contribution is 5.93. The molecular formula is C13H19N3O4. The molecule has 0 saturated carbocycles. The number of rotatable bonds is 4. The van der Waals surface area contributed by atoms with Gasteiger partial charge in [-0.25, -0.2) is 0 Å². The van der Waals surface area contributed by atoms with Gasteiger partial charge >= 0.3 is 0 Å². The van der Waals surface area contributed by atoms with E-state index >= 15 is 0 Å². The van der Waals surface area contributed by atoms with Gasteiger partial charge < -0.3 is 14.6 Å². The van der Waals surface area contributed by atoms with E-state index in [0.29, 0.717) is 25.3 Å². The zero-order valence-electron chi connectivity index (χ0n) is 11.5.